The van der Waals surface area contributed by atoms with Crippen molar-refractivity contribution >= 4 is 40.7 Å². The Labute approximate surface area is 299 Å². The van der Waals surface area contributed by atoms with Crippen LogP contribution in [0, 0.1) is 0 Å². The molecule has 0 N–H and O–H groups in total. The van der Waals surface area contributed by atoms with Gasteiger partial charge in [0.1, 0.15) is 0 Å². The van der Waals surface area contributed by atoms with E-state index in [-0.39, 0.29) is 31.1 Å². The fraction of sp³-hybridized carbons (Fsp3) is 0.618. The van der Waals surface area contributed by atoms with Crippen molar-refractivity contribution in [2.75, 3.05) is 45.8 Å². The van der Waals surface area contributed by atoms with Crippen LogP contribution in [0.2, 0.25) is 0 Å². The number of hydrogen-bond acceptors (Lipinski definition) is 3. The van der Waals surface area contributed by atoms with Crippen molar-refractivity contribution in [1.82, 2.24) is 14.7 Å². The quantitative estimate of drug-likeness (QED) is 0.207. The third-order valence-corrected chi connectivity index (χ3v) is 10.9. The summed E-state index contributed by atoms with van der Waals surface area (Å²) in [4.78, 5) is 19.5. The van der Waals surface area contributed by atoms with Gasteiger partial charge in [0.2, 0.25) is 9.70 Å². The van der Waals surface area contributed by atoms with Crippen molar-refractivity contribution in [3.8, 4) is 0 Å². The third kappa shape index (κ3) is 9.35. The summed E-state index contributed by atoms with van der Waals surface area (Å²) in [7, 11) is 0. The predicted octanol–water partition coefficient (Wildman–Crippen LogP) is 9.62. The van der Waals surface area contributed by atoms with Gasteiger partial charge in [0.25, 0.3) is 0 Å². The first-order chi connectivity index (χ1) is 23.2. The standard InChI is InChI=1S/C34H37Cl3F9N3O/c35-31(36,37)27-5-4-23(20-28(27)34(44,45)46)30(8-14-47-12-6-26(7-13-47)48-10-2-1-3-11-48)9-15-49(21-30)29(50)18-22-16-24(32(38,39)40)19-25(17-22)33(41,42)43/h4-5,16-17,19-20,26H,1-3,6-15,18,21H2/t30-/m1/s1. The van der Waals surface area contributed by atoms with Gasteiger partial charge in [-0.3, -0.25) is 4.79 Å². The van der Waals surface area contributed by atoms with E-state index in [2.05, 4.69) is 9.80 Å². The maximum atomic E-state index is 14.3. The Kier molecular flexibility index (Phi) is 11.7. The molecule has 278 valence electrons. The molecule has 3 saturated heterocycles. The highest BCUT2D eigenvalue weighted by molar-refractivity contribution is 6.66. The number of carbonyl (C=O) groups is 1. The topological polar surface area (TPSA) is 26.8 Å². The molecule has 0 bridgehead atoms. The number of rotatable bonds is 7. The molecule has 0 spiro atoms. The second-order valence-corrected chi connectivity index (χ2v) is 15.9. The first-order valence-corrected chi connectivity index (χ1v) is 17.6. The molecule has 5 rings (SSSR count). The minimum Gasteiger partial charge on any atom is -0.341 e. The Bertz CT molecular complexity index is 1480. The Morgan fingerprint density at radius 3 is 1.88 bits per heavy atom. The van der Waals surface area contributed by atoms with E-state index in [0.717, 1.165) is 51.2 Å². The van der Waals surface area contributed by atoms with Crippen LogP contribution >= 0.6 is 34.8 Å². The Morgan fingerprint density at radius 2 is 1.34 bits per heavy atom. The van der Waals surface area contributed by atoms with E-state index in [9.17, 15) is 44.3 Å². The van der Waals surface area contributed by atoms with E-state index in [1.165, 1.54) is 30.2 Å². The lowest BCUT2D eigenvalue weighted by Gasteiger charge is -2.41. The fourth-order valence-electron chi connectivity index (χ4n) is 7.60. The minimum atomic E-state index is -5.08. The molecule has 3 fully saturated rings. The smallest absolute Gasteiger partial charge is 0.341 e. The van der Waals surface area contributed by atoms with Crippen LogP contribution < -0.4 is 0 Å². The number of carbonyl (C=O) groups excluding carboxylic acids is 1. The van der Waals surface area contributed by atoms with Gasteiger partial charge in [-0.15, -0.1) is 0 Å². The van der Waals surface area contributed by atoms with E-state index in [4.69, 9.17) is 34.8 Å². The number of alkyl halides is 12. The zero-order chi connectivity index (χ0) is 36.7. The predicted molar refractivity (Wildman–Crippen MR) is 173 cm³/mol. The van der Waals surface area contributed by atoms with Gasteiger partial charge in [0, 0.05) is 30.1 Å². The van der Waals surface area contributed by atoms with Gasteiger partial charge in [-0.25, -0.2) is 0 Å². The van der Waals surface area contributed by atoms with Crippen molar-refractivity contribution in [3.05, 3.63) is 69.8 Å². The second-order valence-electron chi connectivity index (χ2n) is 13.6. The largest absolute Gasteiger partial charge is 0.416 e. The van der Waals surface area contributed by atoms with Crippen LogP contribution in [0.25, 0.3) is 0 Å². The Hall–Kier alpha value is -1.93. The average molecular weight is 781 g/mol. The SMILES string of the molecule is O=C(Cc1cc(C(F)(F)F)cc(C(F)(F)F)c1)N1CC[C@@](CCN2CCC(N3CCCCC3)CC2)(c2ccc(C(Cl)(Cl)Cl)c(C(F)(F)F)c2)C1. The maximum Gasteiger partial charge on any atom is 0.416 e. The number of piperidine rings is 2. The number of likely N-dealkylation sites (tertiary alicyclic amines) is 3. The number of amides is 1. The summed E-state index contributed by atoms with van der Waals surface area (Å²) in [5, 5.41) is 0. The van der Waals surface area contributed by atoms with E-state index in [1.807, 2.05) is 0 Å². The van der Waals surface area contributed by atoms with Crippen LogP contribution in [0.5, 0.6) is 0 Å². The monoisotopic (exact) mass is 779 g/mol. The van der Waals surface area contributed by atoms with Gasteiger partial charge in [0.15, 0.2) is 0 Å². The normalized spacial score (nSPS) is 22.4. The summed E-state index contributed by atoms with van der Waals surface area (Å²) in [5.74, 6) is -0.740. The Morgan fingerprint density at radius 1 is 0.740 bits per heavy atom. The van der Waals surface area contributed by atoms with Crippen LogP contribution in [-0.4, -0.2) is 72.5 Å². The van der Waals surface area contributed by atoms with Crippen LogP contribution in [0.15, 0.2) is 36.4 Å². The summed E-state index contributed by atoms with van der Waals surface area (Å²) < 4.78 is 121. The van der Waals surface area contributed by atoms with Gasteiger partial charge in [-0.1, -0.05) is 53.4 Å². The van der Waals surface area contributed by atoms with Crippen molar-refractivity contribution < 1.29 is 44.3 Å². The molecule has 2 aromatic carbocycles. The molecular formula is C34H37Cl3F9N3O. The lowest BCUT2D eigenvalue weighted by molar-refractivity contribution is -0.143. The van der Waals surface area contributed by atoms with Crippen LogP contribution in [0.1, 0.15) is 78.3 Å². The molecule has 16 heteroatoms. The van der Waals surface area contributed by atoms with Crippen LogP contribution in [-0.2, 0) is 39.0 Å². The van der Waals surface area contributed by atoms with Crippen molar-refractivity contribution in [1.29, 1.82) is 0 Å². The van der Waals surface area contributed by atoms with E-state index < -0.39 is 67.9 Å². The lowest BCUT2D eigenvalue weighted by atomic mass is 9.75. The average Bonchev–Trinajstić information content (AvgIpc) is 3.48. The van der Waals surface area contributed by atoms with E-state index >= 15 is 0 Å². The van der Waals surface area contributed by atoms with Crippen molar-refractivity contribution in [2.45, 2.75) is 85.1 Å². The fourth-order valence-corrected chi connectivity index (χ4v) is 8.09. The zero-order valence-electron chi connectivity index (χ0n) is 26.9. The number of nitrogens with zero attached hydrogens (tertiary/aromatic N) is 3. The number of benzene rings is 2. The number of halogens is 12. The summed E-state index contributed by atoms with van der Waals surface area (Å²) in [6.07, 6.45) is -9.79. The van der Waals surface area contributed by atoms with E-state index in [0.29, 0.717) is 31.1 Å². The molecular weight excluding hydrogens is 744 g/mol. The first-order valence-electron chi connectivity index (χ1n) is 16.5. The third-order valence-electron chi connectivity index (χ3n) is 10.3. The molecule has 50 heavy (non-hydrogen) atoms. The highest BCUT2D eigenvalue weighted by atomic mass is 35.6. The summed E-state index contributed by atoms with van der Waals surface area (Å²) in [6, 6.07) is 4.94. The summed E-state index contributed by atoms with van der Waals surface area (Å²) in [6.45, 7) is 4.17. The second kappa shape index (κ2) is 14.8. The van der Waals surface area contributed by atoms with Gasteiger partial charge in [0.05, 0.1) is 23.1 Å². The summed E-state index contributed by atoms with van der Waals surface area (Å²) >= 11 is 17.7. The molecule has 0 aromatic heterocycles. The van der Waals surface area contributed by atoms with Crippen molar-refractivity contribution in [3.63, 3.8) is 0 Å². The molecule has 1 atom stereocenters. The summed E-state index contributed by atoms with van der Waals surface area (Å²) in [5.41, 5.74) is -6.03. The maximum absolute atomic E-state index is 14.3. The molecule has 0 aliphatic carbocycles. The first kappa shape index (κ1) is 39.3. The minimum absolute atomic E-state index is 0.0106. The molecule has 3 heterocycles. The van der Waals surface area contributed by atoms with Gasteiger partial charge in [-0.05, 0) is 107 Å². The van der Waals surface area contributed by atoms with Crippen LogP contribution in [0.4, 0.5) is 39.5 Å². The van der Waals surface area contributed by atoms with Gasteiger partial charge < -0.3 is 14.7 Å². The molecule has 3 aliphatic rings. The highest BCUT2D eigenvalue weighted by Gasteiger charge is 2.46. The number of hydrogen-bond donors (Lipinski definition) is 0. The van der Waals surface area contributed by atoms with Gasteiger partial charge in [-0.2, -0.15) is 39.5 Å². The molecule has 4 nitrogen and oxygen atoms in total. The Balaban J connectivity index is 1.40. The molecule has 0 unspecified atom stereocenters. The van der Waals surface area contributed by atoms with E-state index in [1.54, 1.807) is 0 Å². The lowest BCUT2D eigenvalue weighted by Crippen LogP contribution is -2.47. The molecule has 2 aromatic rings. The van der Waals surface area contributed by atoms with Crippen LogP contribution in [0.3, 0.4) is 0 Å². The highest BCUT2D eigenvalue weighted by Crippen LogP contribution is 2.48. The molecule has 1 amide bonds. The molecule has 3 aliphatic heterocycles. The van der Waals surface area contributed by atoms with Crippen molar-refractivity contribution in [2.24, 2.45) is 0 Å². The zero-order valence-corrected chi connectivity index (χ0v) is 29.2. The molecule has 0 saturated carbocycles. The van der Waals surface area contributed by atoms with Gasteiger partial charge >= 0.3 is 18.5 Å². The molecule has 0 radical (unpaired) electrons.